The van der Waals surface area contributed by atoms with Crippen LogP contribution < -0.4 is 5.32 Å². The number of benzene rings is 2. The van der Waals surface area contributed by atoms with Gasteiger partial charge in [0.05, 0.1) is 24.2 Å². The third-order valence-corrected chi connectivity index (χ3v) is 4.42. The first-order valence-electron chi connectivity index (χ1n) is 8.72. The average molecular weight is 386 g/mol. The van der Waals surface area contributed by atoms with Gasteiger partial charge in [0.2, 0.25) is 11.8 Å². The van der Waals surface area contributed by atoms with Crippen LogP contribution in [0.15, 0.2) is 52.9 Å². The zero-order chi connectivity index (χ0) is 20.3. The predicted octanol–water partition coefficient (Wildman–Crippen LogP) is 3.49. The summed E-state index contributed by atoms with van der Waals surface area (Å²) in [5.41, 5.74) is -0.275. The standard InChI is InChI=1S/C21H20F2N2O3/c1-13-18(25-20(28-13)16-5-3-4-6-17(16)23)11-19(26)24-12-21(2,27)14-7-9-15(22)10-8-14/h3-10,27H,11-12H2,1-2H3,(H,24,26). The van der Waals surface area contributed by atoms with E-state index < -0.39 is 17.2 Å². The Morgan fingerprint density at radius 1 is 1.18 bits per heavy atom. The van der Waals surface area contributed by atoms with Crippen LogP contribution in [0.1, 0.15) is 23.9 Å². The molecule has 1 heterocycles. The van der Waals surface area contributed by atoms with Gasteiger partial charge in [0.15, 0.2) is 0 Å². The quantitative estimate of drug-likeness (QED) is 0.680. The van der Waals surface area contributed by atoms with Crippen molar-refractivity contribution in [2.45, 2.75) is 25.9 Å². The summed E-state index contributed by atoms with van der Waals surface area (Å²) in [5, 5.41) is 13.2. The van der Waals surface area contributed by atoms with Crippen molar-refractivity contribution < 1.29 is 23.1 Å². The average Bonchev–Trinajstić information content (AvgIpc) is 3.01. The highest BCUT2D eigenvalue weighted by Crippen LogP contribution is 2.24. The third-order valence-electron chi connectivity index (χ3n) is 4.42. The van der Waals surface area contributed by atoms with E-state index in [9.17, 15) is 18.7 Å². The van der Waals surface area contributed by atoms with Crippen molar-refractivity contribution >= 4 is 5.91 Å². The number of carbonyl (C=O) groups is 1. The topological polar surface area (TPSA) is 75.4 Å². The van der Waals surface area contributed by atoms with E-state index in [0.29, 0.717) is 17.0 Å². The lowest BCUT2D eigenvalue weighted by atomic mass is 9.96. The van der Waals surface area contributed by atoms with Gasteiger partial charge in [0, 0.05) is 0 Å². The molecule has 3 aromatic rings. The summed E-state index contributed by atoms with van der Waals surface area (Å²) in [6.45, 7) is 3.11. The van der Waals surface area contributed by atoms with Gasteiger partial charge >= 0.3 is 0 Å². The van der Waals surface area contributed by atoms with Crippen LogP contribution in [0, 0.1) is 18.6 Å². The van der Waals surface area contributed by atoms with Crippen molar-refractivity contribution in [3.63, 3.8) is 0 Å². The van der Waals surface area contributed by atoms with E-state index in [1.54, 1.807) is 25.1 Å². The van der Waals surface area contributed by atoms with Gasteiger partial charge in [-0.3, -0.25) is 4.79 Å². The number of nitrogens with zero attached hydrogens (tertiary/aromatic N) is 1. The summed E-state index contributed by atoms with van der Waals surface area (Å²) < 4.78 is 32.4. The van der Waals surface area contributed by atoms with Gasteiger partial charge in [0.1, 0.15) is 23.0 Å². The van der Waals surface area contributed by atoms with Crippen molar-refractivity contribution in [3.8, 4) is 11.5 Å². The summed E-state index contributed by atoms with van der Waals surface area (Å²) >= 11 is 0. The molecule has 0 saturated heterocycles. The third kappa shape index (κ3) is 4.43. The van der Waals surface area contributed by atoms with E-state index in [-0.39, 0.29) is 30.3 Å². The van der Waals surface area contributed by atoms with E-state index in [2.05, 4.69) is 10.3 Å². The SMILES string of the molecule is Cc1oc(-c2ccccc2F)nc1CC(=O)NCC(C)(O)c1ccc(F)cc1. The summed E-state index contributed by atoms with van der Waals surface area (Å²) in [6, 6.07) is 11.5. The second-order valence-corrected chi connectivity index (χ2v) is 6.74. The molecule has 146 valence electrons. The van der Waals surface area contributed by atoms with Crippen LogP contribution in [0.25, 0.3) is 11.5 Å². The van der Waals surface area contributed by atoms with Gasteiger partial charge in [-0.2, -0.15) is 0 Å². The summed E-state index contributed by atoms with van der Waals surface area (Å²) in [6.07, 6.45) is -0.0801. The van der Waals surface area contributed by atoms with Gasteiger partial charge in [-0.15, -0.1) is 0 Å². The molecule has 1 unspecified atom stereocenters. The fourth-order valence-electron chi connectivity index (χ4n) is 2.74. The minimum atomic E-state index is -1.36. The molecule has 0 bridgehead atoms. The molecule has 1 aromatic heterocycles. The molecule has 1 amide bonds. The normalized spacial score (nSPS) is 13.2. The number of amides is 1. The first kappa shape index (κ1) is 19.7. The lowest BCUT2D eigenvalue weighted by Crippen LogP contribution is -2.39. The Labute approximate surface area is 161 Å². The number of hydrogen-bond acceptors (Lipinski definition) is 4. The number of rotatable bonds is 6. The largest absolute Gasteiger partial charge is 0.441 e. The number of hydrogen-bond donors (Lipinski definition) is 2. The van der Waals surface area contributed by atoms with E-state index in [1.165, 1.54) is 37.3 Å². The molecule has 0 aliphatic carbocycles. The Morgan fingerprint density at radius 2 is 1.86 bits per heavy atom. The van der Waals surface area contributed by atoms with Crippen LogP contribution in [0.3, 0.4) is 0 Å². The molecular weight excluding hydrogens is 366 g/mol. The zero-order valence-electron chi connectivity index (χ0n) is 15.5. The van der Waals surface area contributed by atoms with E-state index >= 15 is 0 Å². The van der Waals surface area contributed by atoms with Crippen LogP contribution in [-0.4, -0.2) is 22.5 Å². The highest BCUT2D eigenvalue weighted by Gasteiger charge is 2.24. The molecule has 3 rings (SSSR count). The Balaban J connectivity index is 1.65. The van der Waals surface area contributed by atoms with Gasteiger partial charge < -0.3 is 14.8 Å². The Kier molecular flexibility index (Phi) is 5.56. The van der Waals surface area contributed by atoms with Crippen LogP contribution >= 0.6 is 0 Å². The minimum Gasteiger partial charge on any atom is -0.441 e. The van der Waals surface area contributed by atoms with E-state index in [4.69, 9.17) is 4.42 Å². The lowest BCUT2D eigenvalue weighted by Gasteiger charge is -2.24. The van der Waals surface area contributed by atoms with Crippen molar-refractivity contribution in [2.24, 2.45) is 0 Å². The Morgan fingerprint density at radius 3 is 2.54 bits per heavy atom. The number of aryl methyl sites for hydroxylation is 1. The van der Waals surface area contributed by atoms with Crippen LogP contribution in [-0.2, 0) is 16.8 Å². The summed E-state index contributed by atoms with van der Waals surface area (Å²) in [7, 11) is 0. The van der Waals surface area contributed by atoms with Gasteiger partial charge in [-0.1, -0.05) is 24.3 Å². The highest BCUT2D eigenvalue weighted by atomic mass is 19.1. The van der Waals surface area contributed by atoms with Crippen molar-refractivity contribution in [1.82, 2.24) is 10.3 Å². The summed E-state index contributed by atoms with van der Waals surface area (Å²) in [5.74, 6) is -0.722. The van der Waals surface area contributed by atoms with Crippen LogP contribution in [0.2, 0.25) is 0 Å². The number of oxazole rings is 1. The maximum absolute atomic E-state index is 13.9. The van der Waals surface area contributed by atoms with Gasteiger partial charge in [-0.05, 0) is 43.7 Å². The molecule has 2 aromatic carbocycles. The van der Waals surface area contributed by atoms with Crippen molar-refractivity contribution in [1.29, 1.82) is 0 Å². The molecule has 1 atom stereocenters. The molecule has 0 aliphatic rings. The monoisotopic (exact) mass is 386 g/mol. The maximum atomic E-state index is 13.9. The molecule has 2 N–H and O–H groups in total. The predicted molar refractivity (Wildman–Crippen MR) is 99.3 cm³/mol. The number of nitrogens with one attached hydrogen (secondary N) is 1. The molecule has 0 fully saturated rings. The fourth-order valence-corrected chi connectivity index (χ4v) is 2.74. The zero-order valence-corrected chi connectivity index (χ0v) is 15.5. The number of carbonyl (C=O) groups excluding carboxylic acids is 1. The van der Waals surface area contributed by atoms with Crippen LogP contribution in [0.5, 0.6) is 0 Å². The van der Waals surface area contributed by atoms with Crippen molar-refractivity contribution in [3.05, 3.63) is 77.2 Å². The molecule has 0 radical (unpaired) electrons. The first-order chi connectivity index (χ1) is 13.3. The van der Waals surface area contributed by atoms with Crippen molar-refractivity contribution in [2.75, 3.05) is 6.54 Å². The van der Waals surface area contributed by atoms with Gasteiger partial charge in [0.25, 0.3) is 0 Å². The molecule has 5 nitrogen and oxygen atoms in total. The van der Waals surface area contributed by atoms with E-state index in [1.807, 2.05) is 0 Å². The smallest absolute Gasteiger partial charge is 0.229 e. The molecule has 7 heteroatoms. The Bertz CT molecular complexity index is 982. The lowest BCUT2D eigenvalue weighted by molar-refractivity contribution is -0.121. The second-order valence-electron chi connectivity index (χ2n) is 6.74. The molecule has 0 aliphatic heterocycles. The second kappa shape index (κ2) is 7.90. The summed E-state index contributed by atoms with van der Waals surface area (Å²) in [4.78, 5) is 16.5. The molecule has 0 spiro atoms. The van der Waals surface area contributed by atoms with Gasteiger partial charge in [-0.25, -0.2) is 13.8 Å². The molecule has 28 heavy (non-hydrogen) atoms. The Hall–Kier alpha value is -3.06. The molecule has 0 saturated carbocycles. The highest BCUT2D eigenvalue weighted by molar-refractivity contribution is 5.78. The number of aliphatic hydroxyl groups is 1. The maximum Gasteiger partial charge on any atom is 0.229 e. The first-order valence-corrected chi connectivity index (χ1v) is 8.72. The van der Waals surface area contributed by atoms with E-state index in [0.717, 1.165) is 0 Å². The number of aromatic nitrogens is 1. The minimum absolute atomic E-state index is 0.0610. The van der Waals surface area contributed by atoms with Crippen LogP contribution in [0.4, 0.5) is 8.78 Å². The fraction of sp³-hybridized carbons (Fsp3) is 0.238. The number of halogens is 2. The molecular formula is C21H20F2N2O3.